The van der Waals surface area contributed by atoms with E-state index in [0.29, 0.717) is 6.61 Å². The van der Waals surface area contributed by atoms with E-state index >= 15 is 0 Å². The molecule has 0 unspecified atom stereocenters. The molecule has 0 atom stereocenters. The lowest BCUT2D eigenvalue weighted by Gasteiger charge is -2.12. The molecule has 0 fully saturated rings. The van der Waals surface area contributed by atoms with Crippen LogP contribution in [0.3, 0.4) is 0 Å². The summed E-state index contributed by atoms with van der Waals surface area (Å²) >= 11 is 6.87. The molecule has 100 valence electrons. The summed E-state index contributed by atoms with van der Waals surface area (Å²) in [5, 5.41) is 0. The smallest absolute Gasteiger partial charge is 0.134 e. The molecule has 5 heteroatoms. The average Bonchev–Trinajstić information content (AvgIpc) is 2.37. The van der Waals surface area contributed by atoms with Crippen LogP contribution in [0.5, 0.6) is 5.75 Å². The molecular weight excluding hydrogens is 372 g/mol. The Morgan fingerprint density at radius 2 is 2.00 bits per heavy atom. The van der Waals surface area contributed by atoms with Crippen molar-refractivity contribution in [1.82, 2.24) is 4.98 Å². The van der Waals surface area contributed by atoms with Crippen LogP contribution in [0.4, 0.5) is 5.69 Å². The van der Waals surface area contributed by atoms with Crippen LogP contribution < -0.4 is 10.5 Å². The van der Waals surface area contributed by atoms with Gasteiger partial charge in [0.1, 0.15) is 12.4 Å². The summed E-state index contributed by atoms with van der Waals surface area (Å²) in [4.78, 5) is 4.37. The molecule has 3 nitrogen and oxygen atoms in total. The predicted octanol–water partition coefficient (Wildman–Crippen LogP) is 4.38. The fraction of sp³-hybridized carbons (Fsp3) is 0.214. The van der Waals surface area contributed by atoms with Crippen molar-refractivity contribution < 1.29 is 4.74 Å². The van der Waals surface area contributed by atoms with Gasteiger partial charge in [0.25, 0.3) is 0 Å². The third-order valence-corrected chi connectivity index (χ3v) is 4.05. The lowest BCUT2D eigenvalue weighted by atomic mass is 10.1. The van der Waals surface area contributed by atoms with Gasteiger partial charge in [-0.1, -0.05) is 15.9 Å². The Kier molecular flexibility index (Phi) is 4.47. The van der Waals surface area contributed by atoms with Crippen molar-refractivity contribution in [3.05, 3.63) is 50.2 Å². The van der Waals surface area contributed by atoms with Crippen LogP contribution >= 0.6 is 31.9 Å². The van der Waals surface area contributed by atoms with Crippen molar-refractivity contribution in [1.29, 1.82) is 0 Å². The number of anilines is 1. The maximum absolute atomic E-state index is 5.99. The molecule has 0 aliphatic carbocycles. The zero-order valence-corrected chi connectivity index (χ0v) is 13.9. The van der Waals surface area contributed by atoms with Gasteiger partial charge in [0, 0.05) is 16.4 Å². The SMILES string of the molecule is Cc1cnc(COc2ccc(Br)cc2Br)c(C)c1N. The lowest BCUT2D eigenvalue weighted by Crippen LogP contribution is -2.05. The number of halogens is 2. The summed E-state index contributed by atoms with van der Waals surface area (Å²) in [5.41, 5.74) is 9.60. The fourth-order valence-electron chi connectivity index (χ4n) is 1.68. The number of benzene rings is 1. The summed E-state index contributed by atoms with van der Waals surface area (Å²) in [6, 6.07) is 5.78. The Morgan fingerprint density at radius 3 is 2.68 bits per heavy atom. The van der Waals surface area contributed by atoms with E-state index < -0.39 is 0 Å². The van der Waals surface area contributed by atoms with Gasteiger partial charge in [0.05, 0.1) is 10.2 Å². The predicted molar refractivity (Wildman–Crippen MR) is 84.3 cm³/mol. The molecule has 2 N–H and O–H groups in total. The molecule has 0 spiro atoms. The van der Waals surface area contributed by atoms with E-state index in [1.165, 1.54) is 0 Å². The van der Waals surface area contributed by atoms with Crippen molar-refractivity contribution in [2.45, 2.75) is 20.5 Å². The number of aryl methyl sites for hydroxylation is 1. The number of nitrogen functional groups attached to an aromatic ring is 1. The molecule has 1 heterocycles. The van der Waals surface area contributed by atoms with Crippen LogP contribution in [-0.4, -0.2) is 4.98 Å². The second-order valence-corrected chi connectivity index (χ2v) is 6.06. The van der Waals surface area contributed by atoms with E-state index in [0.717, 1.165) is 37.2 Å². The minimum Gasteiger partial charge on any atom is -0.486 e. The van der Waals surface area contributed by atoms with Gasteiger partial charge in [-0.2, -0.15) is 0 Å². The van der Waals surface area contributed by atoms with Gasteiger partial charge in [-0.15, -0.1) is 0 Å². The molecule has 0 aliphatic heterocycles. The Labute approximate surface area is 129 Å². The Morgan fingerprint density at radius 1 is 1.26 bits per heavy atom. The standard InChI is InChI=1S/C14H14Br2N2O/c1-8-6-18-12(9(2)14(8)17)7-19-13-4-3-10(15)5-11(13)16/h3-6H,7H2,1-2H3,(H2,17,18). The summed E-state index contributed by atoms with van der Waals surface area (Å²) in [5.74, 6) is 0.781. The molecule has 0 saturated carbocycles. The van der Waals surface area contributed by atoms with Crippen molar-refractivity contribution in [2.75, 3.05) is 5.73 Å². The van der Waals surface area contributed by atoms with Crippen LogP contribution in [0.2, 0.25) is 0 Å². The topological polar surface area (TPSA) is 48.1 Å². The minimum atomic E-state index is 0.399. The van der Waals surface area contributed by atoms with E-state index in [1.807, 2.05) is 32.0 Å². The number of nitrogens with two attached hydrogens (primary N) is 1. The normalized spacial score (nSPS) is 10.5. The third kappa shape index (κ3) is 3.28. The summed E-state index contributed by atoms with van der Waals surface area (Å²) in [7, 11) is 0. The molecule has 0 aliphatic rings. The molecule has 2 rings (SSSR count). The average molecular weight is 386 g/mol. The summed E-state index contributed by atoms with van der Waals surface area (Å²) < 4.78 is 7.67. The number of hydrogen-bond acceptors (Lipinski definition) is 3. The molecule has 0 amide bonds. The zero-order valence-electron chi connectivity index (χ0n) is 10.7. The second kappa shape index (κ2) is 5.92. The van der Waals surface area contributed by atoms with Crippen LogP contribution in [0.25, 0.3) is 0 Å². The van der Waals surface area contributed by atoms with Crippen molar-refractivity contribution >= 4 is 37.5 Å². The highest BCUT2D eigenvalue weighted by atomic mass is 79.9. The number of aromatic nitrogens is 1. The highest BCUT2D eigenvalue weighted by Gasteiger charge is 2.08. The van der Waals surface area contributed by atoms with Crippen LogP contribution in [0.15, 0.2) is 33.3 Å². The Balaban J connectivity index is 2.17. The van der Waals surface area contributed by atoms with Gasteiger partial charge in [-0.3, -0.25) is 4.98 Å². The number of ether oxygens (including phenoxy) is 1. The largest absolute Gasteiger partial charge is 0.486 e. The first kappa shape index (κ1) is 14.3. The Hall–Kier alpha value is -1.07. The molecule has 0 bridgehead atoms. The molecule has 2 aromatic rings. The molecule has 19 heavy (non-hydrogen) atoms. The number of hydrogen-bond donors (Lipinski definition) is 1. The number of pyridine rings is 1. The highest BCUT2D eigenvalue weighted by molar-refractivity contribution is 9.11. The van der Waals surface area contributed by atoms with Gasteiger partial charge in [-0.25, -0.2) is 0 Å². The fourth-order valence-corrected chi connectivity index (χ4v) is 2.84. The van der Waals surface area contributed by atoms with E-state index in [4.69, 9.17) is 10.5 Å². The quantitative estimate of drug-likeness (QED) is 0.852. The molecule has 1 aromatic carbocycles. The van der Waals surface area contributed by atoms with Gasteiger partial charge in [0.2, 0.25) is 0 Å². The summed E-state index contributed by atoms with van der Waals surface area (Å²) in [6.45, 7) is 4.31. The van der Waals surface area contributed by atoms with Gasteiger partial charge >= 0.3 is 0 Å². The van der Waals surface area contributed by atoms with Gasteiger partial charge in [-0.05, 0) is 59.1 Å². The van der Waals surface area contributed by atoms with Crippen molar-refractivity contribution in [3.8, 4) is 5.75 Å². The van der Waals surface area contributed by atoms with Crippen molar-refractivity contribution in [2.24, 2.45) is 0 Å². The second-order valence-electron chi connectivity index (χ2n) is 4.29. The number of rotatable bonds is 3. The van der Waals surface area contributed by atoms with E-state index in [9.17, 15) is 0 Å². The Bertz CT molecular complexity index is 615. The maximum atomic E-state index is 5.99. The maximum Gasteiger partial charge on any atom is 0.134 e. The molecular formula is C14H14Br2N2O. The van der Waals surface area contributed by atoms with Crippen LogP contribution in [0, 0.1) is 13.8 Å². The van der Waals surface area contributed by atoms with E-state index in [2.05, 4.69) is 36.8 Å². The first-order valence-corrected chi connectivity index (χ1v) is 7.36. The zero-order chi connectivity index (χ0) is 14.0. The molecule has 1 aromatic heterocycles. The minimum absolute atomic E-state index is 0.399. The first-order valence-electron chi connectivity index (χ1n) is 5.77. The third-order valence-electron chi connectivity index (χ3n) is 2.93. The number of nitrogens with zero attached hydrogens (tertiary/aromatic N) is 1. The van der Waals surface area contributed by atoms with E-state index in [1.54, 1.807) is 6.20 Å². The van der Waals surface area contributed by atoms with Gasteiger partial charge < -0.3 is 10.5 Å². The van der Waals surface area contributed by atoms with Crippen molar-refractivity contribution in [3.63, 3.8) is 0 Å². The monoisotopic (exact) mass is 384 g/mol. The van der Waals surface area contributed by atoms with Crippen LogP contribution in [0.1, 0.15) is 16.8 Å². The van der Waals surface area contributed by atoms with Crippen LogP contribution in [-0.2, 0) is 6.61 Å². The molecule has 0 radical (unpaired) electrons. The first-order chi connectivity index (χ1) is 8.99. The summed E-state index contributed by atoms with van der Waals surface area (Å²) in [6.07, 6.45) is 1.78. The van der Waals surface area contributed by atoms with Gasteiger partial charge in [0.15, 0.2) is 0 Å². The van der Waals surface area contributed by atoms with E-state index in [-0.39, 0.29) is 0 Å². The lowest BCUT2D eigenvalue weighted by molar-refractivity contribution is 0.298. The molecule has 0 saturated heterocycles. The highest BCUT2D eigenvalue weighted by Crippen LogP contribution is 2.29.